The minimum absolute atomic E-state index is 0.00608. The Morgan fingerprint density at radius 1 is 1.40 bits per heavy atom. The minimum atomic E-state index is -3.85. The quantitative estimate of drug-likeness (QED) is 0.534. The van der Waals surface area contributed by atoms with Crippen molar-refractivity contribution in [2.45, 2.75) is 31.0 Å². The van der Waals surface area contributed by atoms with E-state index < -0.39 is 22.2 Å². The first-order valence-electron chi connectivity index (χ1n) is 11.1. The summed E-state index contributed by atoms with van der Waals surface area (Å²) in [6.45, 7) is 3.87. The molecule has 190 valence electrons. The van der Waals surface area contributed by atoms with Crippen LogP contribution in [0.15, 0.2) is 29.8 Å². The molecule has 3 rings (SSSR count). The van der Waals surface area contributed by atoms with Crippen molar-refractivity contribution in [1.29, 1.82) is 0 Å². The Morgan fingerprint density at radius 2 is 2.14 bits per heavy atom. The number of nitrogens with zero attached hydrogens (tertiary/aromatic N) is 5. The Bertz CT molecular complexity index is 1220. The summed E-state index contributed by atoms with van der Waals surface area (Å²) < 4.78 is 39.9. The number of carbonyl (C=O) groups is 1. The number of aryl methyl sites for hydroxylation is 1. The van der Waals surface area contributed by atoms with Gasteiger partial charge in [-0.15, -0.1) is 0 Å². The van der Waals surface area contributed by atoms with Gasteiger partial charge in [-0.05, 0) is 13.0 Å². The highest BCUT2D eigenvalue weighted by molar-refractivity contribution is 7.89. The Morgan fingerprint density at radius 3 is 2.77 bits per heavy atom. The lowest BCUT2D eigenvalue weighted by Gasteiger charge is -2.37. The van der Waals surface area contributed by atoms with Crippen molar-refractivity contribution in [1.82, 2.24) is 23.7 Å². The van der Waals surface area contributed by atoms with Crippen LogP contribution in [0, 0.1) is 17.8 Å². The first-order valence-corrected chi connectivity index (χ1v) is 12.5. The molecule has 0 spiro atoms. The van der Waals surface area contributed by atoms with Crippen LogP contribution in [0.2, 0.25) is 0 Å². The molecule has 0 fully saturated rings. The van der Waals surface area contributed by atoms with Crippen molar-refractivity contribution < 1.29 is 27.8 Å². The van der Waals surface area contributed by atoms with E-state index in [2.05, 4.69) is 21.8 Å². The first kappa shape index (κ1) is 26.6. The number of likely N-dealkylation sites (N-methyl/N-ethyl adjacent to an activating group) is 1. The maximum Gasteiger partial charge on any atom is 0.261 e. The number of hydrogen-bond donors (Lipinski definition) is 1. The number of amides is 1. The van der Waals surface area contributed by atoms with E-state index in [-0.39, 0.29) is 54.6 Å². The fraction of sp³-hybridized carbons (Fsp3) is 0.522. The van der Waals surface area contributed by atoms with Crippen LogP contribution in [-0.2, 0) is 21.8 Å². The second-order valence-corrected chi connectivity index (χ2v) is 10.6. The van der Waals surface area contributed by atoms with Crippen LogP contribution in [0.5, 0.6) is 5.88 Å². The first-order chi connectivity index (χ1) is 16.6. The van der Waals surface area contributed by atoms with E-state index in [1.54, 1.807) is 29.5 Å². The van der Waals surface area contributed by atoms with Gasteiger partial charge in [-0.2, -0.15) is 4.31 Å². The summed E-state index contributed by atoms with van der Waals surface area (Å²) in [5.74, 6) is 5.19. The number of rotatable bonds is 7. The zero-order valence-corrected chi connectivity index (χ0v) is 21.3. The molecule has 3 heterocycles. The van der Waals surface area contributed by atoms with E-state index in [9.17, 15) is 18.3 Å². The number of aliphatic hydroxyl groups is 1. The molecule has 12 heteroatoms. The molecule has 1 aliphatic heterocycles. The van der Waals surface area contributed by atoms with Crippen LogP contribution in [0.4, 0.5) is 0 Å². The van der Waals surface area contributed by atoms with Crippen LogP contribution >= 0.6 is 0 Å². The van der Waals surface area contributed by atoms with Gasteiger partial charge in [0.15, 0.2) is 5.03 Å². The van der Waals surface area contributed by atoms with E-state index >= 15 is 0 Å². The average molecular weight is 506 g/mol. The van der Waals surface area contributed by atoms with Gasteiger partial charge in [0.2, 0.25) is 5.88 Å². The second-order valence-electron chi connectivity index (χ2n) is 8.60. The van der Waals surface area contributed by atoms with Crippen LogP contribution in [0.25, 0.3) is 0 Å². The predicted octanol–water partition coefficient (Wildman–Crippen LogP) is 0.354. The molecule has 11 nitrogen and oxygen atoms in total. The largest absolute Gasteiger partial charge is 0.472 e. The van der Waals surface area contributed by atoms with E-state index in [1.165, 1.54) is 37.2 Å². The Hall–Kier alpha value is -2.98. The van der Waals surface area contributed by atoms with E-state index in [0.29, 0.717) is 5.56 Å². The number of pyridine rings is 1. The molecule has 1 N–H and O–H groups in total. The van der Waals surface area contributed by atoms with Gasteiger partial charge in [0.1, 0.15) is 18.3 Å². The molecule has 0 aliphatic carbocycles. The van der Waals surface area contributed by atoms with Crippen molar-refractivity contribution in [3.63, 3.8) is 0 Å². The van der Waals surface area contributed by atoms with Gasteiger partial charge in [-0.3, -0.25) is 4.79 Å². The fourth-order valence-corrected chi connectivity index (χ4v) is 4.77. The zero-order valence-electron chi connectivity index (χ0n) is 20.5. The molecular formula is C23H31N5O6S. The molecule has 0 saturated heterocycles. The summed E-state index contributed by atoms with van der Waals surface area (Å²) in [5.41, 5.74) is 0.705. The zero-order chi connectivity index (χ0) is 25.8. The summed E-state index contributed by atoms with van der Waals surface area (Å²) in [4.78, 5) is 23.2. The van der Waals surface area contributed by atoms with E-state index in [1.807, 2.05) is 6.92 Å². The molecule has 1 aliphatic rings. The number of hydrogen-bond acceptors (Lipinski definition) is 8. The standard InChI is InChI=1S/C23H31N5O6S/c1-16-11-28(17(2)14-29)23(30)19-9-18(7-6-8-33-5)10-24-22(19)34-20(16)12-27(4)35(31,32)21-13-26(3)15-25-21/h9-10,13,15-17,20,29H,8,11-12,14H2,1-5H3/t16-,17+,20-/m1/s1. The van der Waals surface area contributed by atoms with Crippen molar-refractivity contribution >= 4 is 15.9 Å². The monoisotopic (exact) mass is 505 g/mol. The number of sulfonamides is 1. The maximum atomic E-state index is 13.4. The lowest BCUT2D eigenvalue weighted by molar-refractivity contribution is 0.0373. The summed E-state index contributed by atoms with van der Waals surface area (Å²) in [7, 11) is 0.829. The highest BCUT2D eigenvalue weighted by atomic mass is 32.2. The third-order valence-corrected chi connectivity index (χ3v) is 7.47. The molecular weight excluding hydrogens is 474 g/mol. The number of imidazole rings is 1. The smallest absolute Gasteiger partial charge is 0.261 e. The lowest BCUT2D eigenvalue weighted by atomic mass is 10.0. The molecule has 1 amide bonds. The second kappa shape index (κ2) is 11.2. The van der Waals surface area contributed by atoms with Crippen molar-refractivity contribution in [2.75, 3.05) is 40.5 Å². The number of methoxy groups -OCH3 is 1. The van der Waals surface area contributed by atoms with Crippen LogP contribution in [-0.4, -0.2) is 95.8 Å². The molecule has 2 aromatic heterocycles. The maximum absolute atomic E-state index is 13.4. The summed E-state index contributed by atoms with van der Waals surface area (Å²) >= 11 is 0. The third-order valence-electron chi connectivity index (χ3n) is 5.76. The van der Waals surface area contributed by atoms with Gasteiger partial charge in [0.05, 0.1) is 25.5 Å². The van der Waals surface area contributed by atoms with Crippen molar-refractivity contribution in [2.24, 2.45) is 13.0 Å². The SMILES string of the molecule is COCC#Cc1cnc2c(c1)C(=O)N([C@@H](C)CO)C[C@@H](C)[C@@H](CN(C)S(=O)(=O)c1cn(C)cn1)O2. The Balaban J connectivity index is 1.97. The summed E-state index contributed by atoms with van der Waals surface area (Å²) in [5, 5.41) is 9.71. The van der Waals surface area contributed by atoms with Crippen molar-refractivity contribution in [3.8, 4) is 17.7 Å². The summed E-state index contributed by atoms with van der Waals surface area (Å²) in [6, 6.07) is 1.13. The highest BCUT2D eigenvalue weighted by Gasteiger charge is 2.36. The van der Waals surface area contributed by atoms with Crippen molar-refractivity contribution in [3.05, 3.63) is 35.9 Å². The number of aliphatic hydroxyl groups excluding tert-OH is 1. The fourth-order valence-electron chi connectivity index (χ4n) is 3.63. The third kappa shape index (κ3) is 5.99. The number of aromatic nitrogens is 3. The van der Waals surface area contributed by atoms with Crippen LogP contribution in [0.1, 0.15) is 29.8 Å². The predicted molar refractivity (Wildman–Crippen MR) is 127 cm³/mol. The van der Waals surface area contributed by atoms with Crippen LogP contribution in [0.3, 0.4) is 0 Å². The average Bonchev–Trinajstić information content (AvgIpc) is 3.28. The van der Waals surface area contributed by atoms with Gasteiger partial charge in [-0.25, -0.2) is 18.4 Å². The van der Waals surface area contributed by atoms with Gasteiger partial charge in [0, 0.05) is 51.6 Å². The molecule has 0 bridgehead atoms. The normalized spacial score (nSPS) is 19.3. The summed E-state index contributed by atoms with van der Waals surface area (Å²) in [6.07, 6.45) is 3.71. The van der Waals surface area contributed by atoms with Gasteiger partial charge >= 0.3 is 0 Å². The Labute approximate surface area is 205 Å². The number of fused-ring (bicyclic) bond motifs is 1. The molecule has 3 atom stereocenters. The molecule has 0 aromatic carbocycles. The molecule has 2 aromatic rings. The van der Waals surface area contributed by atoms with E-state index in [0.717, 1.165) is 0 Å². The highest BCUT2D eigenvalue weighted by Crippen LogP contribution is 2.28. The molecule has 0 unspecified atom stereocenters. The number of carbonyl (C=O) groups excluding carboxylic acids is 1. The topological polar surface area (TPSA) is 127 Å². The van der Waals surface area contributed by atoms with Gasteiger partial charge in [0.25, 0.3) is 15.9 Å². The molecule has 0 saturated carbocycles. The molecule has 0 radical (unpaired) electrons. The molecule has 35 heavy (non-hydrogen) atoms. The van der Waals surface area contributed by atoms with Crippen LogP contribution < -0.4 is 4.74 Å². The Kier molecular flexibility index (Phi) is 8.50. The van der Waals surface area contributed by atoms with E-state index in [4.69, 9.17) is 9.47 Å². The lowest BCUT2D eigenvalue weighted by Crippen LogP contribution is -2.50. The van der Waals surface area contributed by atoms with Gasteiger partial charge < -0.3 is 24.0 Å². The minimum Gasteiger partial charge on any atom is -0.472 e. The van der Waals surface area contributed by atoms with Gasteiger partial charge in [-0.1, -0.05) is 18.8 Å². The number of ether oxygens (including phenoxy) is 2.